The van der Waals surface area contributed by atoms with Crippen LogP contribution in [0.3, 0.4) is 0 Å². The zero-order valence-electron chi connectivity index (χ0n) is 21.7. The summed E-state index contributed by atoms with van der Waals surface area (Å²) < 4.78 is 12.3. The third-order valence-electron chi connectivity index (χ3n) is 5.15. The summed E-state index contributed by atoms with van der Waals surface area (Å²) in [5.41, 5.74) is -1.87. The third kappa shape index (κ3) is 8.62. The number of hydrogen-bond donors (Lipinski definition) is 1. The quantitative estimate of drug-likeness (QED) is 0.181. The Morgan fingerprint density at radius 2 is 1.89 bits per heavy atom. The van der Waals surface area contributed by atoms with Crippen molar-refractivity contribution in [2.24, 2.45) is 5.41 Å². The van der Waals surface area contributed by atoms with Crippen molar-refractivity contribution in [2.45, 2.75) is 78.1 Å². The number of nitrogens with zero attached hydrogens (tertiary/aromatic N) is 4. The van der Waals surface area contributed by atoms with Gasteiger partial charge in [0.15, 0.2) is 0 Å². The molecular formula is C24H32BrN5O7. The Kier molecular flexibility index (Phi) is 9.90. The monoisotopic (exact) mass is 581 g/mol. The highest BCUT2D eigenvalue weighted by Gasteiger charge is 2.36. The van der Waals surface area contributed by atoms with Crippen LogP contribution in [0, 0.1) is 15.5 Å². The first-order valence-corrected chi connectivity index (χ1v) is 12.5. The lowest BCUT2D eigenvalue weighted by Crippen LogP contribution is -2.35. The molecule has 1 amide bonds. The molecule has 1 atom stereocenters. The summed E-state index contributed by atoms with van der Waals surface area (Å²) in [5, 5.41) is 22.2. The van der Waals surface area contributed by atoms with Crippen molar-refractivity contribution in [1.29, 1.82) is 0 Å². The van der Waals surface area contributed by atoms with Gasteiger partial charge < -0.3 is 14.8 Å². The standard InChI is InChI=1S/C24H32BrN5O7/c1-7-29-13-16(27-28-29)12-26-20(31)17-10-8-9-15(19(17)30(34)35)14-36-22(33)24(5,6)11-18(25)21(32)37-23(2,3)4/h8-10,13,18H,7,11-12,14H2,1-6H3,(H,26,31). The van der Waals surface area contributed by atoms with Crippen LogP contribution in [0.25, 0.3) is 0 Å². The number of aromatic nitrogens is 3. The summed E-state index contributed by atoms with van der Waals surface area (Å²) in [6.07, 6.45) is 1.74. The van der Waals surface area contributed by atoms with Crippen molar-refractivity contribution in [3.05, 3.63) is 51.3 Å². The molecule has 202 valence electrons. The lowest BCUT2D eigenvalue weighted by molar-refractivity contribution is -0.386. The molecule has 0 saturated carbocycles. The van der Waals surface area contributed by atoms with Gasteiger partial charge in [-0.05, 0) is 60.1 Å². The number of esters is 2. The maximum Gasteiger partial charge on any atom is 0.320 e. The van der Waals surface area contributed by atoms with Crippen molar-refractivity contribution < 1.29 is 28.8 Å². The van der Waals surface area contributed by atoms with E-state index in [0.717, 1.165) is 0 Å². The molecule has 0 fully saturated rings. The zero-order chi connectivity index (χ0) is 28.0. The maximum atomic E-state index is 12.8. The molecule has 12 nitrogen and oxygen atoms in total. The summed E-state index contributed by atoms with van der Waals surface area (Å²) in [7, 11) is 0. The topological polar surface area (TPSA) is 156 Å². The molecule has 0 aliphatic heterocycles. The number of amides is 1. The van der Waals surface area contributed by atoms with Gasteiger partial charge in [-0.1, -0.05) is 27.2 Å². The number of halogens is 1. The van der Waals surface area contributed by atoms with Crippen molar-refractivity contribution >= 4 is 39.5 Å². The average Bonchev–Trinajstić information content (AvgIpc) is 3.27. The number of rotatable bonds is 11. The Morgan fingerprint density at radius 1 is 1.22 bits per heavy atom. The van der Waals surface area contributed by atoms with Gasteiger partial charge in [0, 0.05) is 6.54 Å². The lowest BCUT2D eigenvalue weighted by atomic mass is 9.88. The van der Waals surface area contributed by atoms with Gasteiger partial charge in [-0.2, -0.15) is 0 Å². The van der Waals surface area contributed by atoms with Gasteiger partial charge in [-0.3, -0.25) is 29.2 Å². The van der Waals surface area contributed by atoms with Crippen molar-refractivity contribution in [3.8, 4) is 0 Å². The Morgan fingerprint density at radius 3 is 2.46 bits per heavy atom. The number of aryl methyl sites for hydroxylation is 1. The molecule has 2 rings (SSSR count). The number of carbonyl (C=O) groups excluding carboxylic acids is 3. The van der Waals surface area contributed by atoms with E-state index in [4.69, 9.17) is 9.47 Å². The zero-order valence-corrected chi connectivity index (χ0v) is 23.3. The van der Waals surface area contributed by atoms with E-state index in [1.54, 1.807) is 45.5 Å². The number of nitrogens with one attached hydrogen (secondary N) is 1. The second-order valence-corrected chi connectivity index (χ2v) is 11.1. The smallest absolute Gasteiger partial charge is 0.320 e. The van der Waals surface area contributed by atoms with Gasteiger partial charge in [-0.15, -0.1) is 5.10 Å². The molecule has 0 saturated heterocycles. The van der Waals surface area contributed by atoms with E-state index in [2.05, 4.69) is 31.6 Å². The van der Waals surface area contributed by atoms with E-state index in [1.165, 1.54) is 18.2 Å². The molecular weight excluding hydrogens is 550 g/mol. The third-order valence-corrected chi connectivity index (χ3v) is 5.85. The summed E-state index contributed by atoms with van der Waals surface area (Å²) in [4.78, 5) is 48.2. The van der Waals surface area contributed by atoms with E-state index < -0.39 is 50.9 Å². The first-order chi connectivity index (χ1) is 17.1. The van der Waals surface area contributed by atoms with Gasteiger partial charge in [0.05, 0.1) is 28.6 Å². The van der Waals surface area contributed by atoms with Gasteiger partial charge in [-0.25, -0.2) is 0 Å². The number of ether oxygens (including phenoxy) is 2. The predicted molar refractivity (Wildman–Crippen MR) is 137 cm³/mol. The van der Waals surface area contributed by atoms with Gasteiger partial charge in [0.25, 0.3) is 11.6 Å². The Hall–Kier alpha value is -3.35. The highest BCUT2D eigenvalue weighted by Crippen LogP contribution is 2.31. The number of benzene rings is 1. The van der Waals surface area contributed by atoms with Crippen LogP contribution >= 0.6 is 15.9 Å². The fourth-order valence-corrected chi connectivity index (χ4v) is 4.17. The van der Waals surface area contributed by atoms with Crippen LogP contribution in [0.5, 0.6) is 0 Å². The molecule has 0 spiro atoms. The van der Waals surface area contributed by atoms with E-state index in [-0.39, 0.29) is 24.1 Å². The highest BCUT2D eigenvalue weighted by atomic mass is 79.9. The number of hydrogen-bond acceptors (Lipinski definition) is 9. The molecule has 1 aromatic carbocycles. The second kappa shape index (κ2) is 12.3. The number of nitro groups is 1. The highest BCUT2D eigenvalue weighted by molar-refractivity contribution is 9.10. The average molecular weight is 582 g/mol. The maximum absolute atomic E-state index is 12.8. The Balaban J connectivity index is 2.10. The first kappa shape index (κ1) is 29.9. The van der Waals surface area contributed by atoms with Gasteiger partial charge in [0.2, 0.25) is 0 Å². The molecule has 1 aromatic heterocycles. The van der Waals surface area contributed by atoms with Crippen LogP contribution in [-0.2, 0) is 38.8 Å². The van der Waals surface area contributed by atoms with Gasteiger partial charge >= 0.3 is 11.9 Å². The molecule has 1 heterocycles. The molecule has 0 aliphatic rings. The molecule has 0 radical (unpaired) electrons. The van der Waals surface area contributed by atoms with Crippen molar-refractivity contribution in [2.75, 3.05) is 0 Å². The minimum absolute atomic E-state index is 0.0365. The summed E-state index contributed by atoms with van der Waals surface area (Å²) in [5.74, 6) is -1.85. The molecule has 0 aliphatic carbocycles. The SMILES string of the molecule is CCn1cc(CNC(=O)c2cccc(COC(=O)C(C)(C)CC(Br)C(=O)OC(C)(C)C)c2[N+](=O)[O-])nn1. The van der Waals surface area contributed by atoms with Crippen LogP contribution < -0.4 is 5.32 Å². The minimum Gasteiger partial charge on any atom is -0.460 e. The molecule has 2 aromatic rings. The Bertz CT molecular complexity index is 1160. The molecule has 13 heteroatoms. The van der Waals surface area contributed by atoms with Crippen LogP contribution in [-0.4, -0.2) is 48.2 Å². The summed E-state index contributed by atoms with van der Waals surface area (Å²) in [6, 6.07) is 4.21. The number of carbonyl (C=O) groups is 3. The fourth-order valence-electron chi connectivity index (χ4n) is 3.27. The van der Waals surface area contributed by atoms with E-state index in [1.807, 2.05) is 6.92 Å². The molecule has 1 unspecified atom stereocenters. The molecule has 1 N–H and O–H groups in total. The van der Waals surface area contributed by atoms with Gasteiger partial charge in [0.1, 0.15) is 28.3 Å². The normalized spacial score (nSPS) is 12.5. The summed E-state index contributed by atoms with van der Waals surface area (Å²) >= 11 is 3.26. The molecule has 37 heavy (non-hydrogen) atoms. The first-order valence-electron chi connectivity index (χ1n) is 11.6. The summed E-state index contributed by atoms with van der Waals surface area (Å²) in [6.45, 7) is 10.5. The predicted octanol–water partition coefficient (Wildman–Crippen LogP) is 3.70. The van der Waals surface area contributed by atoms with E-state index in [9.17, 15) is 24.5 Å². The lowest BCUT2D eigenvalue weighted by Gasteiger charge is -2.27. The molecule has 0 bridgehead atoms. The minimum atomic E-state index is -1.11. The van der Waals surface area contributed by atoms with Crippen LogP contribution in [0.2, 0.25) is 0 Å². The van der Waals surface area contributed by atoms with Crippen molar-refractivity contribution in [1.82, 2.24) is 20.3 Å². The Labute approximate surface area is 223 Å². The van der Waals surface area contributed by atoms with E-state index >= 15 is 0 Å². The number of nitro benzene ring substituents is 1. The largest absolute Gasteiger partial charge is 0.460 e. The van der Waals surface area contributed by atoms with Crippen molar-refractivity contribution in [3.63, 3.8) is 0 Å². The van der Waals surface area contributed by atoms with Crippen LogP contribution in [0.1, 0.15) is 69.6 Å². The number of para-hydroxylation sites is 1. The van der Waals surface area contributed by atoms with E-state index in [0.29, 0.717) is 12.2 Å². The fraction of sp³-hybridized carbons (Fsp3) is 0.542. The van der Waals surface area contributed by atoms with Crippen LogP contribution in [0.4, 0.5) is 5.69 Å². The van der Waals surface area contributed by atoms with Crippen LogP contribution in [0.15, 0.2) is 24.4 Å². The second-order valence-electron chi connectivity index (χ2n) is 9.98. The number of alkyl halides is 1.